The number of nitrogens with zero attached hydrogens (tertiary/aromatic N) is 1. The molecular weight excluding hydrogens is 246 g/mol. The molecule has 0 bridgehead atoms. The Balaban J connectivity index is 2.17. The zero-order valence-electron chi connectivity index (χ0n) is 14.0. The van der Waals surface area contributed by atoms with Crippen LogP contribution in [0.15, 0.2) is 0 Å². The topological polar surface area (TPSA) is 20.3 Å². The molecule has 2 aliphatic carbocycles. The molecule has 0 saturated heterocycles. The summed E-state index contributed by atoms with van der Waals surface area (Å²) in [6.45, 7) is 4.65. The highest BCUT2D eigenvalue weighted by Crippen LogP contribution is 2.40. The van der Waals surface area contributed by atoms with E-state index in [1.165, 1.54) is 32.1 Å². The fraction of sp³-hybridized carbons (Fsp3) is 0.944. The molecule has 0 aromatic heterocycles. The van der Waals surface area contributed by atoms with E-state index >= 15 is 0 Å². The van der Waals surface area contributed by atoms with E-state index in [0.717, 1.165) is 37.5 Å². The largest absolute Gasteiger partial charge is 0.297 e. The highest BCUT2D eigenvalue weighted by atomic mass is 16.1. The van der Waals surface area contributed by atoms with E-state index in [0.29, 0.717) is 11.7 Å². The summed E-state index contributed by atoms with van der Waals surface area (Å²) in [6.07, 6.45) is 10.8. The second-order valence-corrected chi connectivity index (χ2v) is 7.82. The number of Topliss-reactive ketones (excluding diaryl/α,β-unsaturated/α-hetero) is 1. The minimum absolute atomic E-state index is 0.155. The quantitative estimate of drug-likeness (QED) is 0.719. The zero-order valence-corrected chi connectivity index (χ0v) is 14.0. The smallest absolute Gasteiger partial charge is 0.156 e. The lowest BCUT2D eigenvalue weighted by molar-refractivity contribution is -0.137. The molecule has 0 amide bonds. The Labute approximate surface area is 125 Å². The van der Waals surface area contributed by atoms with Gasteiger partial charge in [0.2, 0.25) is 0 Å². The van der Waals surface area contributed by atoms with E-state index < -0.39 is 0 Å². The minimum atomic E-state index is -0.155. The van der Waals surface area contributed by atoms with Crippen LogP contribution in [-0.2, 0) is 4.79 Å². The first kappa shape index (κ1) is 16.0. The molecule has 0 radical (unpaired) electrons. The summed E-state index contributed by atoms with van der Waals surface area (Å²) >= 11 is 0. The van der Waals surface area contributed by atoms with Crippen LogP contribution in [0.3, 0.4) is 0 Å². The number of ketones is 1. The van der Waals surface area contributed by atoms with Crippen LogP contribution in [0.4, 0.5) is 0 Å². The first-order valence-corrected chi connectivity index (χ1v) is 8.67. The SMILES string of the molecule is CC1CC(C)CC(C(=O)C2(N(C)C)CCCCCC2)C1. The number of carbonyl (C=O) groups excluding carboxylic acids is 1. The van der Waals surface area contributed by atoms with Crippen molar-refractivity contribution in [2.75, 3.05) is 14.1 Å². The summed E-state index contributed by atoms with van der Waals surface area (Å²) in [4.78, 5) is 15.6. The Morgan fingerprint density at radius 3 is 1.85 bits per heavy atom. The standard InChI is InChI=1S/C18H33NO/c1-14-11-15(2)13-16(12-14)17(20)18(19(3)4)9-7-5-6-8-10-18/h14-16H,5-13H2,1-4H3. The van der Waals surface area contributed by atoms with Crippen LogP contribution < -0.4 is 0 Å². The van der Waals surface area contributed by atoms with Crippen molar-refractivity contribution in [3.8, 4) is 0 Å². The zero-order chi connectivity index (χ0) is 14.8. The van der Waals surface area contributed by atoms with Gasteiger partial charge >= 0.3 is 0 Å². The fourth-order valence-corrected chi connectivity index (χ4v) is 4.77. The molecule has 2 rings (SSSR count). The van der Waals surface area contributed by atoms with Gasteiger partial charge in [-0.2, -0.15) is 0 Å². The Morgan fingerprint density at radius 1 is 0.900 bits per heavy atom. The van der Waals surface area contributed by atoms with Gasteiger partial charge in [-0.05, 0) is 58.0 Å². The lowest BCUT2D eigenvalue weighted by Gasteiger charge is -2.42. The number of hydrogen-bond acceptors (Lipinski definition) is 2. The Kier molecular flexibility index (Phi) is 5.28. The van der Waals surface area contributed by atoms with Crippen LogP contribution in [-0.4, -0.2) is 30.3 Å². The fourth-order valence-electron chi connectivity index (χ4n) is 4.77. The average Bonchev–Trinajstić information content (AvgIpc) is 2.63. The van der Waals surface area contributed by atoms with Crippen molar-refractivity contribution >= 4 is 5.78 Å². The highest BCUT2D eigenvalue weighted by molar-refractivity contribution is 5.90. The minimum Gasteiger partial charge on any atom is -0.297 e. The van der Waals surface area contributed by atoms with Crippen LogP contribution in [0, 0.1) is 17.8 Å². The summed E-state index contributed by atoms with van der Waals surface area (Å²) in [5.74, 6) is 2.33. The van der Waals surface area contributed by atoms with Crippen molar-refractivity contribution in [3.63, 3.8) is 0 Å². The van der Waals surface area contributed by atoms with Gasteiger partial charge in [0, 0.05) is 5.92 Å². The van der Waals surface area contributed by atoms with Crippen molar-refractivity contribution in [3.05, 3.63) is 0 Å². The highest BCUT2D eigenvalue weighted by Gasteiger charge is 2.44. The molecule has 2 heteroatoms. The Bertz CT molecular complexity index is 318. The molecule has 0 N–H and O–H groups in total. The average molecular weight is 279 g/mol. The lowest BCUT2D eigenvalue weighted by atomic mass is 9.69. The van der Waals surface area contributed by atoms with Gasteiger partial charge in [0.15, 0.2) is 5.78 Å². The van der Waals surface area contributed by atoms with Gasteiger partial charge in [-0.3, -0.25) is 9.69 Å². The van der Waals surface area contributed by atoms with Crippen LogP contribution in [0.1, 0.15) is 71.6 Å². The van der Waals surface area contributed by atoms with E-state index in [-0.39, 0.29) is 5.54 Å². The van der Waals surface area contributed by atoms with Crippen LogP contribution in [0.5, 0.6) is 0 Å². The first-order chi connectivity index (χ1) is 9.45. The summed E-state index contributed by atoms with van der Waals surface area (Å²) in [6, 6.07) is 0. The maximum absolute atomic E-state index is 13.3. The lowest BCUT2D eigenvalue weighted by Crippen LogP contribution is -2.54. The van der Waals surface area contributed by atoms with E-state index in [1.54, 1.807) is 0 Å². The van der Waals surface area contributed by atoms with Gasteiger partial charge < -0.3 is 0 Å². The molecular formula is C18H33NO. The van der Waals surface area contributed by atoms with Crippen LogP contribution in [0.25, 0.3) is 0 Å². The molecule has 2 atom stereocenters. The molecule has 0 aromatic rings. The van der Waals surface area contributed by atoms with E-state index in [2.05, 4.69) is 32.8 Å². The van der Waals surface area contributed by atoms with E-state index in [9.17, 15) is 4.79 Å². The number of rotatable bonds is 3. The second-order valence-electron chi connectivity index (χ2n) is 7.82. The molecule has 2 nitrogen and oxygen atoms in total. The Morgan fingerprint density at radius 2 is 1.40 bits per heavy atom. The molecule has 2 aliphatic rings. The van der Waals surface area contributed by atoms with E-state index in [4.69, 9.17) is 0 Å². The molecule has 116 valence electrons. The maximum Gasteiger partial charge on any atom is 0.156 e. The van der Waals surface area contributed by atoms with Gasteiger partial charge in [0.05, 0.1) is 5.54 Å². The molecule has 0 spiro atoms. The number of carbonyl (C=O) groups is 1. The molecule has 0 heterocycles. The molecule has 2 saturated carbocycles. The van der Waals surface area contributed by atoms with Crippen molar-refractivity contribution in [2.45, 2.75) is 77.2 Å². The predicted molar refractivity (Wildman–Crippen MR) is 84.8 cm³/mol. The van der Waals surface area contributed by atoms with E-state index in [1.807, 2.05) is 0 Å². The van der Waals surface area contributed by atoms with Gasteiger partial charge in [-0.25, -0.2) is 0 Å². The first-order valence-electron chi connectivity index (χ1n) is 8.67. The van der Waals surface area contributed by atoms with Crippen LogP contribution in [0.2, 0.25) is 0 Å². The third-order valence-electron chi connectivity index (χ3n) is 5.79. The third kappa shape index (κ3) is 3.27. The van der Waals surface area contributed by atoms with Crippen molar-refractivity contribution in [2.24, 2.45) is 17.8 Å². The van der Waals surface area contributed by atoms with Crippen molar-refractivity contribution in [1.82, 2.24) is 4.90 Å². The summed E-state index contributed by atoms with van der Waals surface area (Å²) in [5.41, 5.74) is -0.155. The summed E-state index contributed by atoms with van der Waals surface area (Å²) < 4.78 is 0. The second kappa shape index (κ2) is 6.60. The number of likely N-dealkylation sites (N-methyl/N-ethyl adjacent to an activating group) is 1. The normalized spacial score (nSPS) is 34.8. The van der Waals surface area contributed by atoms with Crippen molar-refractivity contribution < 1.29 is 4.79 Å². The molecule has 0 aromatic carbocycles. The Hall–Kier alpha value is -0.370. The van der Waals surface area contributed by atoms with Gasteiger partial charge in [-0.1, -0.05) is 39.5 Å². The molecule has 2 fully saturated rings. The molecule has 0 aliphatic heterocycles. The number of hydrogen-bond donors (Lipinski definition) is 0. The molecule has 2 unspecified atom stereocenters. The molecule has 20 heavy (non-hydrogen) atoms. The summed E-state index contributed by atoms with van der Waals surface area (Å²) in [7, 11) is 4.25. The monoisotopic (exact) mass is 279 g/mol. The van der Waals surface area contributed by atoms with Gasteiger partial charge in [0.1, 0.15) is 0 Å². The third-order valence-corrected chi connectivity index (χ3v) is 5.79. The van der Waals surface area contributed by atoms with Crippen LogP contribution >= 0.6 is 0 Å². The van der Waals surface area contributed by atoms with Crippen molar-refractivity contribution in [1.29, 1.82) is 0 Å². The maximum atomic E-state index is 13.3. The van der Waals surface area contributed by atoms with Gasteiger partial charge in [-0.15, -0.1) is 0 Å². The summed E-state index contributed by atoms with van der Waals surface area (Å²) in [5, 5.41) is 0. The predicted octanol–water partition coefficient (Wildman–Crippen LogP) is 4.28. The van der Waals surface area contributed by atoms with Gasteiger partial charge in [0.25, 0.3) is 0 Å².